The smallest absolute Gasteiger partial charge is 0.372 e. The molecule has 1 aromatic heterocycles. The fourth-order valence-corrected chi connectivity index (χ4v) is 2.47. The number of hydrogen-bond donors (Lipinski definition) is 1. The molecule has 0 saturated heterocycles. The van der Waals surface area contributed by atoms with Crippen molar-refractivity contribution in [3.63, 3.8) is 0 Å². The summed E-state index contributed by atoms with van der Waals surface area (Å²) in [5.41, 5.74) is 3.08. The van der Waals surface area contributed by atoms with E-state index in [2.05, 4.69) is 0 Å². The van der Waals surface area contributed by atoms with E-state index in [1.54, 1.807) is 6.07 Å². The quantitative estimate of drug-likeness (QED) is 0.869. The first-order valence-corrected chi connectivity index (χ1v) is 6.17. The molecule has 0 fully saturated rings. The van der Waals surface area contributed by atoms with Crippen LogP contribution >= 0.6 is 11.6 Å². The van der Waals surface area contributed by atoms with E-state index in [0.29, 0.717) is 10.6 Å². The molecule has 1 heterocycles. The predicted molar refractivity (Wildman–Crippen MR) is 71.7 cm³/mol. The molecule has 2 aromatic rings. The van der Waals surface area contributed by atoms with Gasteiger partial charge >= 0.3 is 5.97 Å². The molecule has 2 rings (SSSR count). The van der Waals surface area contributed by atoms with Gasteiger partial charge in [-0.25, -0.2) is 4.79 Å². The first kappa shape index (κ1) is 13.0. The van der Waals surface area contributed by atoms with Crippen molar-refractivity contribution in [1.82, 2.24) is 0 Å². The van der Waals surface area contributed by atoms with Crippen LogP contribution in [-0.2, 0) is 0 Å². The molecule has 18 heavy (non-hydrogen) atoms. The standard InChI is InChI=1S/C14H15ClO3/c1-6(2)10-11-8(4)12(15)7(3)5-9(11)18-13(10)14(16)17/h5-6H,1-4H3,(H,16,17). The fourth-order valence-electron chi connectivity index (χ4n) is 2.33. The van der Waals surface area contributed by atoms with Crippen molar-refractivity contribution < 1.29 is 14.3 Å². The summed E-state index contributed by atoms with van der Waals surface area (Å²) < 4.78 is 5.48. The van der Waals surface area contributed by atoms with E-state index in [0.717, 1.165) is 22.1 Å². The summed E-state index contributed by atoms with van der Waals surface area (Å²) in [4.78, 5) is 11.3. The molecule has 3 nitrogen and oxygen atoms in total. The average Bonchev–Trinajstić information content (AvgIpc) is 2.65. The van der Waals surface area contributed by atoms with Gasteiger partial charge in [-0.05, 0) is 37.0 Å². The molecule has 0 bridgehead atoms. The maximum absolute atomic E-state index is 11.3. The Morgan fingerprint density at radius 2 is 2.00 bits per heavy atom. The van der Waals surface area contributed by atoms with Crippen LogP contribution in [0.15, 0.2) is 10.5 Å². The highest BCUT2D eigenvalue weighted by atomic mass is 35.5. The van der Waals surface area contributed by atoms with E-state index in [-0.39, 0.29) is 11.7 Å². The van der Waals surface area contributed by atoms with Crippen LogP contribution in [0.1, 0.15) is 47.0 Å². The highest BCUT2D eigenvalue weighted by Crippen LogP contribution is 2.38. The van der Waals surface area contributed by atoms with Gasteiger partial charge in [0.1, 0.15) is 5.58 Å². The summed E-state index contributed by atoms with van der Waals surface area (Å²) in [6, 6.07) is 1.79. The monoisotopic (exact) mass is 266 g/mol. The van der Waals surface area contributed by atoms with Crippen LogP contribution in [0.3, 0.4) is 0 Å². The zero-order valence-electron chi connectivity index (χ0n) is 10.8. The van der Waals surface area contributed by atoms with Crippen LogP contribution < -0.4 is 0 Å². The van der Waals surface area contributed by atoms with Gasteiger partial charge in [0.25, 0.3) is 0 Å². The van der Waals surface area contributed by atoms with E-state index in [1.165, 1.54) is 0 Å². The van der Waals surface area contributed by atoms with Crippen molar-refractivity contribution in [1.29, 1.82) is 0 Å². The van der Waals surface area contributed by atoms with Crippen molar-refractivity contribution in [2.45, 2.75) is 33.6 Å². The lowest BCUT2D eigenvalue weighted by molar-refractivity contribution is 0.0663. The number of hydrogen-bond acceptors (Lipinski definition) is 2. The van der Waals surface area contributed by atoms with E-state index >= 15 is 0 Å². The van der Waals surface area contributed by atoms with Crippen molar-refractivity contribution in [3.05, 3.63) is 33.5 Å². The molecule has 0 aliphatic heterocycles. The van der Waals surface area contributed by atoms with Crippen molar-refractivity contribution in [3.8, 4) is 0 Å². The summed E-state index contributed by atoms with van der Waals surface area (Å²) in [6.45, 7) is 7.67. The fraction of sp³-hybridized carbons (Fsp3) is 0.357. The summed E-state index contributed by atoms with van der Waals surface area (Å²) in [6.07, 6.45) is 0. The molecule has 0 unspecified atom stereocenters. The van der Waals surface area contributed by atoms with Gasteiger partial charge in [-0.1, -0.05) is 25.4 Å². The van der Waals surface area contributed by atoms with Crippen LogP contribution in [0.4, 0.5) is 0 Å². The van der Waals surface area contributed by atoms with E-state index in [1.807, 2.05) is 27.7 Å². The highest BCUT2D eigenvalue weighted by molar-refractivity contribution is 6.33. The number of carboxylic acid groups (broad SMARTS) is 1. The van der Waals surface area contributed by atoms with E-state index in [4.69, 9.17) is 16.0 Å². The Morgan fingerprint density at radius 1 is 1.39 bits per heavy atom. The number of rotatable bonds is 2. The van der Waals surface area contributed by atoms with Crippen LogP contribution in [0.5, 0.6) is 0 Å². The molecular formula is C14H15ClO3. The largest absolute Gasteiger partial charge is 0.475 e. The van der Waals surface area contributed by atoms with Crippen LogP contribution in [0, 0.1) is 13.8 Å². The molecule has 0 saturated carbocycles. The number of halogens is 1. The molecule has 0 aliphatic rings. The summed E-state index contributed by atoms with van der Waals surface area (Å²) in [5, 5.41) is 10.7. The molecule has 0 atom stereocenters. The highest BCUT2D eigenvalue weighted by Gasteiger charge is 2.24. The topological polar surface area (TPSA) is 50.4 Å². The van der Waals surface area contributed by atoms with Gasteiger partial charge in [-0.2, -0.15) is 0 Å². The minimum absolute atomic E-state index is 0.0183. The number of aromatic carboxylic acids is 1. The minimum atomic E-state index is -1.04. The summed E-state index contributed by atoms with van der Waals surface area (Å²) >= 11 is 6.23. The molecule has 0 aliphatic carbocycles. The minimum Gasteiger partial charge on any atom is -0.475 e. The Bertz CT molecular complexity index is 638. The third kappa shape index (κ3) is 1.79. The Morgan fingerprint density at radius 3 is 2.50 bits per heavy atom. The van der Waals surface area contributed by atoms with Gasteiger partial charge in [-0.15, -0.1) is 0 Å². The average molecular weight is 267 g/mol. The Labute approximate surface area is 110 Å². The third-order valence-corrected chi connectivity index (χ3v) is 3.72. The van der Waals surface area contributed by atoms with Gasteiger partial charge in [0.05, 0.1) is 0 Å². The second kappa shape index (κ2) is 4.32. The second-order valence-electron chi connectivity index (χ2n) is 4.81. The number of fused-ring (bicyclic) bond motifs is 1. The van der Waals surface area contributed by atoms with Crippen molar-refractivity contribution >= 4 is 28.5 Å². The molecule has 0 radical (unpaired) electrons. The van der Waals surface area contributed by atoms with Crippen LogP contribution in [0.25, 0.3) is 11.0 Å². The second-order valence-corrected chi connectivity index (χ2v) is 5.19. The molecule has 1 aromatic carbocycles. The number of benzene rings is 1. The first-order chi connectivity index (χ1) is 8.34. The normalized spacial score (nSPS) is 11.4. The summed E-state index contributed by atoms with van der Waals surface area (Å²) in [7, 11) is 0. The van der Waals surface area contributed by atoms with E-state index < -0.39 is 5.97 Å². The molecular weight excluding hydrogens is 252 g/mol. The van der Waals surface area contributed by atoms with Gasteiger partial charge in [0.2, 0.25) is 5.76 Å². The molecule has 96 valence electrons. The zero-order valence-corrected chi connectivity index (χ0v) is 11.6. The van der Waals surface area contributed by atoms with Gasteiger partial charge < -0.3 is 9.52 Å². The number of furan rings is 1. The van der Waals surface area contributed by atoms with Crippen LogP contribution in [-0.4, -0.2) is 11.1 Å². The first-order valence-electron chi connectivity index (χ1n) is 5.80. The molecule has 1 N–H and O–H groups in total. The lowest BCUT2D eigenvalue weighted by atomic mass is 9.95. The maximum atomic E-state index is 11.3. The Balaban J connectivity index is 2.96. The van der Waals surface area contributed by atoms with Gasteiger partial charge in [0, 0.05) is 16.0 Å². The lowest BCUT2D eigenvalue weighted by Gasteiger charge is -2.08. The Kier molecular flexibility index (Phi) is 3.11. The number of carbonyl (C=O) groups is 1. The van der Waals surface area contributed by atoms with Gasteiger partial charge in [0.15, 0.2) is 0 Å². The van der Waals surface area contributed by atoms with Crippen molar-refractivity contribution in [2.75, 3.05) is 0 Å². The molecule has 0 spiro atoms. The SMILES string of the molecule is Cc1cc2oc(C(=O)O)c(C(C)C)c2c(C)c1Cl. The van der Waals surface area contributed by atoms with E-state index in [9.17, 15) is 9.90 Å². The van der Waals surface area contributed by atoms with Crippen LogP contribution in [0.2, 0.25) is 5.02 Å². The van der Waals surface area contributed by atoms with Gasteiger partial charge in [-0.3, -0.25) is 0 Å². The zero-order chi connectivity index (χ0) is 13.6. The molecule has 0 amide bonds. The Hall–Kier alpha value is -1.48. The predicted octanol–water partition coefficient (Wildman–Crippen LogP) is 4.52. The summed E-state index contributed by atoms with van der Waals surface area (Å²) in [5.74, 6) is -0.956. The lowest BCUT2D eigenvalue weighted by Crippen LogP contribution is -2.00. The number of aryl methyl sites for hydroxylation is 2. The third-order valence-electron chi connectivity index (χ3n) is 3.14. The van der Waals surface area contributed by atoms with Crippen molar-refractivity contribution in [2.24, 2.45) is 0 Å². The molecule has 4 heteroatoms. The maximum Gasteiger partial charge on any atom is 0.372 e. The number of carboxylic acids is 1.